The number of urea groups is 1. The Morgan fingerprint density at radius 3 is 2.38 bits per heavy atom. The first-order valence-electron chi connectivity index (χ1n) is 11.6. The first-order valence-corrected chi connectivity index (χ1v) is 11.6. The van der Waals surface area contributed by atoms with Gasteiger partial charge in [0, 0.05) is 25.2 Å². The number of hydrogen-bond acceptors (Lipinski definition) is 6. The van der Waals surface area contributed by atoms with Gasteiger partial charge in [0.1, 0.15) is 5.82 Å². The summed E-state index contributed by atoms with van der Waals surface area (Å²) in [7, 11) is 4.33. The van der Waals surface area contributed by atoms with Crippen molar-refractivity contribution >= 4 is 11.7 Å². The number of anilines is 1. The summed E-state index contributed by atoms with van der Waals surface area (Å²) in [5.41, 5.74) is 1.94. The SMILES string of the molecule is CN(C)C1(c2ccccc2)CCC2(CC1)CN(c1cnc(C3CNCCN3)nc1)C(=O)N2. The summed E-state index contributed by atoms with van der Waals surface area (Å²) in [6, 6.07) is 10.8. The topological polar surface area (TPSA) is 85.4 Å². The monoisotopic (exact) mass is 435 g/mol. The largest absolute Gasteiger partial charge is 0.330 e. The van der Waals surface area contributed by atoms with E-state index in [9.17, 15) is 4.79 Å². The van der Waals surface area contributed by atoms with Crippen molar-refractivity contribution in [3.63, 3.8) is 0 Å². The molecule has 3 heterocycles. The lowest BCUT2D eigenvalue weighted by molar-refractivity contribution is 0.0658. The summed E-state index contributed by atoms with van der Waals surface area (Å²) < 4.78 is 0. The maximum Gasteiger partial charge on any atom is 0.322 e. The number of benzene rings is 1. The summed E-state index contributed by atoms with van der Waals surface area (Å²) in [5.74, 6) is 0.770. The van der Waals surface area contributed by atoms with Gasteiger partial charge in [-0.1, -0.05) is 30.3 Å². The van der Waals surface area contributed by atoms with Gasteiger partial charge in [0.2, 0.25) is 0 Å². The van der Waals surface area contributed by atoms with Crippen molar-refractivity contribution in [1.82, 2.24) is 30.8 Å². The van der Waals surface area contributed by atoms with Crippen LogP contribution in [0, 0.1) is 0 Å². The number of nitrogens with one attached hydrogen (secondary N) is 3. The van der Waals surface area contributed by atoms with Crippen LogP contribution in [0.15, 0.2) is 42.7 Å². The van der Waals surface area contributed by atoms with E-state index in [-0.39, 0.29) is 23.2 Å². The lowest BCUT2D eigenvalue weighted by atomic mass is 9.69. The van der Waals surface area contributed by atoms with Crippen LogP contribution >= 0.6 is 0 Å². The Morgan fingerprint density at radius 2 is 1.75 bits per heavy atom. The summed E-state index contributed by atoms with van der Waals surface area (Å²) in [4.78, 5) is 26.2. The van der Waals surface area contributed by atoms with Crippen molar-refractivity contribution in [3.05, 3.63) is 54.1 Å². The molecule has 2 amide bonds. The first-order chi connectivity index (χ1) is 15.5. The average Bonchev–Trinajstić information content (AvgIpc) is 3.16. The highest BCUT2D eigenvalue weighted by atomic mass is 16.2. The van der Waals surface area contributed by atoms with Crippen molar-refractivity contribution in [1.29, 1.82) is 0 Å². The molecule has 1 spiro atoms. The van der Waals surface area contributed by atoms with E-state index in [1.807, 2.05) is 4.90 Å². The molecule has 1 atom stereocenters. The number of nitrogens with zero attached hydrogens (tertiary/aromatic N) is 4. The Balaban J connectivity index is 1.30. The highest BCUT2D eigenvalue weighted by molar-refractivity contribution is 5.95. The quantitative estimate of drug-likeness (QED) is 0.681. The van der Waals surface area contributed by atoms with Crippen molar-refractivity contribution in [2.45, 2.75) is 42.8 Å². The summed E-state index contributed by atoms with van der Waals surface area (Å²) in [6.45, 7) is 3.35. The number of piperazine rings is 1. The number of rotatable bonds is 4. The fourth-order valence-corrected chi connectivity index (χ4v) is 5.57. The van der Waals surface area contributed by atoms with E-state index in [2.05, 4.69) is 75.2 Å². The van der Waals surface area contributed by atoms with Crippen molar-refractivity contribution in [3.8, 4) is 0 Å². The number of hydrogen-bond donors (Lipinski definition) is 3. The highest BCUT2D eigenvalue weighted by Crippen LogP contribution is 2.46. The number of carbonyl (C=O) groups is 1. The third-order valence-corrected chi connectivity index (χ3v) is 7.60. The zero-order chi connectivity index (χ0) is 22.2. The molecule has 3 N–H and O–H groups in total. The first kappa shape index (κ1) is 21.3. The van der Waals surface area contributed by atoms with Gasteiger partial charge in [-0.3, -0.25) is 9.80 Å². The van der Waals surface area contributed by atoms with Gasteiger partial charge in [-0.25, -0.2) is 14.8 Å². The molecule has 8 heteroatoms. The van der Waals surface area contributed by atoms with E-state index in [0.717, 1.165) is 56.8 Å². The molecule has 2 aliphatic heterocycles. The third kappa shape index (κ3) is 3.76. The summed E-state index contributed by atoms with van der Waals surface area (Å²) >= 11 is 0. The van der Waals surface area contributed by atoms with Crippen LogP contribution in [-0.2, 0) is 5.54 Å². The lowest BCUT2D eigenvalue weighted by Crippen LogP contribution is -2.54. The van der Waals surface area contributed by atoms with Crippen LogP contribution in [0.25, 0.3) is 0 Å². The smallest absolute Gasteiger partial charge is 0.322 e. The van der Waals surface area contributed by atoms with E-state index >= 15 is 0 Å². The van der Waals surface area contributed by atoms with Crippen LogP contribution in [0.2, 0.25) is 0 Å². The zero-order valence-electron chi connectivity index (χ0n) is 19.0. The minimum Gasteiger partial charge on any atom is -0.330 e. The van der Waals surface area contributed by atoms with Crippen LogP contribution in [0.3, 0.4) is 0 Å². The molecular weight excluding hydrogens is 402 g/mol. The molecule has 1 aromatic carbocycles. The second-order valence-electron chi connectivity index (χ2n) is 9.60. The molecule has 2 saturated heterocycles. The Morgan fingerprint density at radius 1 is 1.03 bits per heavy atom. The fraction of sp³-hybridized carbons (Fsp3) is 0.542. The molecule has 8 nitrogen and oxygen atoms in total. The predicted molar refractivity (Wildman–Crippen MR) is 125 cm³/mol. The van der Waals surface area contributed by atoms with E-state index < -0.39 is 0 Å². The van der Waals surface area contributed by atoms with Gasteiger partial charge in [0.25, 0.3) is 0 Å². The zero-order valence-corrected chi connectivity index (χ0v) is 19.0. The average molecular weight is 436 g/mol. The lowest BCUT2D eigenvalue weighted by Gasteiger charge is -2.48. The van der Waals surface area contributed by atoms with E-state index in [1.54, 1.807) is 12.4 Å². The maximum atomic E-state index is 12.9. The van der Waals surface area contributed by atoms with Crippen LogP contribution in [0.1, 0.15) is 43.1 Å². The van der Waals surface area contributed by atoms with Crippen molar-refractivity contribution in [2.24, 2.45) is 0 Å². The van der Waals surface area contributed by atoms with Gasteiger partial charge in [-0.15, -0.1) is 0 Å². The van der Waals surface area contributed by atoms with Crippen molar-refractivity contribution in [2.75, 3.05) is 45.2 Å². The maximum absolute atomic E-state index is 12.9. The number of amides is 2. The molecule has 3 aliphatic rings. The molecule has 1 aromatic heterocycles. The second-order valence-corrected chi connectivity index (χ2v) is 9.60. The van der Waals surface area contributed by atoms with Gasteiger partial charge in [0.15, 0.2) is 0 Å². The van der Waals surface area contributed by atoms with Crippen LogP contribution in [0.4, 0.5) is 10.5 Å². The van der Waals surface area contributed by atoms with Crippen molar-refractivity contribution < 1.29 is 4.79 Å². The van der Waals surface area contributed by atoms with Gasteiger partial charge in [-0.2, -0.15) is 0 Å². The van der Waals surface area contributed by atoms with Crippen LogP contribution in [0.5, 0.6) is 0 Å². The fourth-order valence-electron chi connectivity index (χ4n) is 5.57. The summed E-state index contributed by atoms with van der Waals surface area (Å²) in [5, 5.41) is 10.1. The Hall–Kier alpha value is -2.55. The standard InChI is InChI=1S/C24H33N7O/c1-30(2)24(18-6-4-3-5-7-18)10-8-23(9-11-24)17-31(22(32)29-23)19-14-27-21(28-15-19)20-16-25-12-13-26-20/h3-7,14-15,20,25-26H,8-13,16-17H2,1-2H3,(H,29,32). The molecule has 0 bridgehead atoms. The number of aromatic nitrogens is 2. The van der Waals surface area contributed by atoms with E-state index in [0.29, 0.717) is 6.54 Å². The van der Waals surface area contributed by atoms with Gasteiger partial charge in [0.05, 0.1) is 36.2 Å². The second kappa shape index (κ2) is 8.42. The Labute approximate surface area is 189 Å². The molecule has 5 rings (SSSR count). The molecule has 1 aliphatic carbocycles. The molecule has 1 unspecified atom stereocenters. The summed E-state index contributed by atoms with van der Waals surface area (Å²) in [6.07, 6.45) is 7.47. The minimum absolute atomic E-state index is 0.0104. The molecule has 2 aromatic rings. The normalized spacial score (nSPS) is 30.7. The van der Waals surface area contributed by atoms with Crippen LogP contribution < -0.4 is 20.9 Å². The molecule has 170 valence electrons. The van der Waals surface area contributed by atoms with Gasteiger partial charge >= 0.3 is 6.03 Å². The number of carbonyl (C=O) groups excluding carboxylic acids is 1. The predicted octanol–water partition coefficient (Wildman–Crippen LogP) is 2.01. The Kier molecular flexibility index (Phi) is 5.61. The highest BCUT2D eigenvalue weighted by Gasteiger charge is 2.50. The minimum atomic E-state index is -0.196. The van der Waals surface area contributed by atoms with E-state index in [1.165, 1.54) is 5.56 Å². The molecule has 0 radical (unpaired) electrons. The van der Waals surface area contributed by atoms with Gasteiger partial charge < -0.3 is 16.0 Å². The molecular formula is C24H33N7O. The van der Waals surface area contributed by atoms with Gasteiger partial charge in [-0.05, 0) is 45.3 Å². The third-order valence-electron chi connectivity index (χ3n) is 7.60. The van der Waals surface area contributed by atoms with Crippen LogP contribution in [-0.4, -0.2) is 66.7 Å². The molecule has 1 saturated carbocycles. The van der Waals surface area contributed by atoms with E-state index in [4.69, 9.17) is 0 Å². The molecule has 3 fully saturated rings. The Bertz CT molecular complexity index is 933. The molecule has 32 heavy (non-hydrogen) atoms.